The largest absolute Gasteiger partial charge is 0.465 e. The second-order valence-electron chi connectivity index (χ2n) is 10.1. The minimum atomic E-state index is -1.05. The topological polar surface area (TPSA) is 120 Å². The predicted octanol–water partition coefficient (Wildman–Crippen LogP) is 5.05. The number of anilines is 1. The summed E-state index contributed by atoms with van der Waals surface area (Å²) in [6.45, 7) is 2.52. The summed E-state index contributed by atoms with van der Waals surface area (Å²) >= 11 is 6.03. The Kier molecular flexibility index (Phi) is 7.36. The van der Waals surface area contributed by atoms with Gasteiger partial charge in [0.05, 0.1) is 43.3 Å². The zero-order chi connectivity index (χ0) is 29.4. The third-order valence-electron chi connectivity index (χ3n) is 7.49. The number of pyridine rings is 1. The number of benzene rings is 2. The molecule has 0 aliphatic carbocycles. The molecule has 1 N–H and O–H groups in total. The van der Waals surface area contributed by atoms with Crippen molar-refractivity contribution in [3.05, 3.63) is 100 Å². The molecular formula is C30H28ClN7O4. The number of hydrogen-bond donors (Lipinski definition) is 1. The lowest BCUT2D eigenvalue weighted by Gasteiger charge is -2.21. The van der Waals surface area contributed by atoms with E-state index in [9.17, 15) is 14.7 Å². The molecule has 12 heteroatoms. The third-order valence-corrected chi connectivity index (χ3v) is 7.66. The molecule has 0 saturated carbocycles. The zero-order valence-electron chi connectivity index (χ0n) is 23.0. The highest BCUT2D eigenvalue weighted by Crippen LogP contribution is 2.34. The summed E-state index contributed by atoms with van der Waals surface area (Å²) in [5.74, 6) is 0. The van der Waals surface area contributed by atoms with Crippen molar-refractivity contribution in [2.45, 2.75) is 25.9 Å². The molecule has 0 saturated heterocycles. The maximum atomic E-state index is 13.7. The summed E-state index contributed by atoms with van der Waals surface area (Å²) in [5, 5.41) is 17.9. The Labute approximate surface area is 246 Å². The number of ether oxygens (including phenoxy) is 1. The van der Waals surface area contributed by atoms with Gasteiger partial charge in [0.15, 0.2) is 5.15 Å². The molecule has 4 heterocycles. The van der Waals surface area contributed by atoms with Crippen LogP contribution >= 0.6 is 11.6 Å². The monoisotopic (exact) mass is 585 g/mol. The zero-order valence-corrected chi connectivity index (χ0v) is 23.8. The van der Waals surface area contributed by atoms with Crippen LogP contribution in [0.1, 0.15) is 23.8 Å². The van der Waals surface area contributed by atoms with Crippen LogP contribution in [0.15, 0.2) is 78.1 Å². The lowest BCUT2D eigenvalue weighted by Crippen LogP contribution is -2.32. The number of halogens is 1. The normalized spacial score (nSPS) is 14.2. The molecule has 0 radical (unpaired) electrons. The molecule has 1 amide bonds. The maximum Gasteiger partial charge on any atom is 0.411 e. The maximum absolute atomic E-state index is 13.7. The third kappa shape index (κ3) is 5.08. The van der Waals surface area contributed by atoms with Gasteiger partial charge in [-0.3, -0.25) is 14.3 Å². The summed E-state index contributed by atoms with van der Waals surface area (Å²) < 4.78 is 10.5. The predicted molar refractivity (Wildman–Crippen MR) is 158 cm³/mol. The minimum Gasteiger partial charge on any atom is -0.465 e. The number of aromatic nitrogens is 6. The number of nitrogens with zero attached hydrogens (tertiary/aromatic N) is 7. The highest BCUT2D eigenvalue weighted by molar-refractivity contribution is 6.29. The van der Waals surface area contributed by atoms with E-state index in [2.05, 4.69) is 21.4 Å². The van der Waals surface area contributed by atoms with Crippen LogP contribution in [0.3, 0.4) is 0 Å². The van der Waals surface area contributed by atoms with Crippen molar-refractivity contribution in [3.8, 4) is 28.1 Å². The van der Waals surface area contributed by atoms with Gasteiger partial charge < -0.3 is 14.4 Å². The second kappa shape index (κ2) is 11.3. The van der Waals surface area contributed by atoms with Crippen molar-refractivity contribution < 1.29 is 14.6 Å². The van der Waals surface area contributed by atoms with Crippen LogP contribution in [0.5, 0.6) is 0 Å². The van der Waals surface area contributed by atoms with Crippen LogP contribution < -0.4 is 10.5 Å². The molecular weight excluding hydrogens is 558 g/mol. The number of aryl methyl sites for hydroxylation is 2. The number of hydrogen-bond acceptors (Lipinski definition) is 6. The molecule has 214 valence electrons. The molecule has 3 aromatic heterocycles. The van der Waals surface area contributed by atoms with Crippen molar-refractivity contribution >= 4 is 23.4 Å². The van der Waals surface area contributed by atoms with E-state index in [1.807, 2.05) is 46.4 Å². The Hall–Kier alpha value is -4.74. The molecule has 0 unspecified atom stereocenters. The van der Waals surface area contributed by atoms with Gasteiger partial charge in [-0.2, -0.15) is 0 Å². The number of rotatable bonds is 8. The minimum absolute atomic E-state index is 0.112. The van der Waals surface area contributed by atoms with Gasteiger partial charge in [0, 0.05) is 30.1 Å². The number of amides is 1. The van der Waals surface area contributed by atoms with Crippen molar-refractivity contribution in [1.29, 1.82) is 0 Å². The average molecular weight is 586 g/mol. The van der Waals surface area contributed by atoms with E-state index in [-0.39, 0.29) is 23.4 Å². The van der Waals surface area contributed by atoms with E-state index in [0.717, 1.165) is 45.7 Å². The number of carboxylic acid groups (broad SMARTS) is 1. The van der Waals surface area contributed by atoms with Crippen LogP contribution in [-0.2, 0) is 11.2 Å². The number of carbonyl (C=O) groups is 1. The van der Waals surface area contributed by atoms with Gasteiger partial charge in [0.25, 0.3) is 5.56 Å². The van der Waals surface area contributed by atoms with E-state index in [4.69, 9.17) is 16.3 Å². The van der Waals surface area contributed by atoms with Crippen LogP contribution in [-0.4, -0.2) is 60.6 Å². The number of fused-ring (bicyclic) bond motifs is 1. The first-order chi connectivity index (χ1) is 20.3. The first-order valence-electron chi connectivity index (χ1n) is 13.4. The highest BCUT2D eigenvalue weighted by atomic mass is 35.5. The van der Waals surface area contributed by atoms with Crippen molar-refractivity contribution in [3.63, 3.8) is 0 Å². The van der Waals surface area contributed by atoms with Crippen molar-refractivity contribution in [2.24, 2.45) is 0 Å². The molecule has 0 fully saturated rings. The standard InChI is InChI=1S/C30H28ClN7O4/c1-19-3-9-25(37-17-27(31)33-34-37)24(13-19)21-14-23-8-10-28(38(23)29(39)15-21)36-18-32-16-26(36)20-4-6-22(7-5-20)35(30(40)41)11-12-42-2/h3-7,9,13-18,28H,8,10-12H2,1-2H3,(H,40,41)/t28-/m0/s1. The summed E-state index contributed by atoms with van der Waals surface area (Å²) in [5.41, 5.74) is 6.56. The highest BCUT2D eigenvalue weighted by Gasteiger charge is 2.27. The van der Waals surface area contributed by atoms with Crippen molar-refractivity contribution in [1.82, 2.24) is 29.1 Å². The first kappa shape index (κ1) is 27.4. The molecule has 42 heavy (non-hydrogen) atoms. The summed E-state index contributed by atoms with van der Waals surface area (Å²) in [7, 11) is 1.53. The van der Waals surface area contributed by atoms with Gasteiger partial charge in [-0.1, -0.05) is 40.6 Å². The molecule has 1 aliphatic rings. The Bertz CT molecular complexity index is 1830. The fraction of sp³-hybridized carbons (Fsp3) is 0.233. The molecule has 0 bridgehead atoms. The molecule has 0 spiro atoms. The summed E-state index contributed by atoms with van der Waals surface area (Å²) in [6, 6.07) is 16.9. The molecule has 11 nitrogen and oxygen atoms in total. The van der Waals surface area contributed by atoms with Gasteiger partial charge in [-0.15, -0.1) is 5.10 Å². The Morgan fingerprint density at radius 3 is 2.67 bits per heavy atom. The van der Waals surface area contributed by atoms with E-state index >= 15 is 0 Å². The summed E-state index contributed by atoms with van der Waals surface area (Å²) in [6.07, 6.45) is 5.28. The van der Waals surface area contributed by atoms with Crippen LogP contribution in [0.2, 0.25) is 5.15 Å². The van der Waals surface area contributed by atoms with E-state index in [0.29, 0.717) is 18.7 Å². The smallest absolute Gasteiger partial charge is 0.411 e. The average Bonchev–Trinajstić information content (AvgIpc) is 3.73. The second-order valence-corrected chi connectivity index (χ2v) is 10.5. The molecule has 5 aromatic rings. The SMILES string of the molecule is COCCN(C(=O)O)c1ccc(-c2cncn2[C@@H]2CCc3cc(-c4cc(C)ccc4-n4cc(Cl)nn4)cc(=O)n32)cc1. The van der Waals surface area contributed by atoms with Gasteiger partial charge in [-0.25, -0.2) is 14.5 Å². The molecule has 1 aliphatic heterocycles. The Balaban J connectivity index is 1.33. The Morgan fingerprint density at radius 2 is 1.95 bits per heavy atom. The van der Waals surface area contributed by atoms with Gasteiger partial charge >= 0.3 is 6.09 Å². The Morgan fingerprint density at radius 1 is 1.14 bits per heavy atom. The van der Waals surface area contributed by atoms with E-state index in [1.165, 1.54) is 12.0 Å². The van der Waals surface area contributed by atoms with Gasteiger partial charge in [0.1, 0.15) is 6.17 Å². The molecule has 6 rings (SSSR count). The van der Waals surface area contributed by atoms with Crippen molar-refractivity contribution in [2.75, 3.05) is 25.2 Å². The van der Waals surface area contributed by atoms with Crippen LogP contribution in [0, 0.1) is 6.92 Å². The van der Waals surface area contributed by atoms with Gasteiger partial charge in [-0.05, 0) is 61.2 Å². The van der Waals surface area contributed by atoms with Gasteiger partial charge in [0.2, 0.25) is 0 Å². The van der Waals surface area contributed by atoms with Crippen LogP contribution in [0.4, 0.5) is 10.5 Å². The lowest BCUT2D eigenvalue weighted by atomic mass is 10.0. The molecule has 1 atom stereocenters. The summed E-state index contributed by atoms with van der Waals surface area (Å²) in [4.78, 5) is 31.0. The number of imidazole rings is 1. The fourth-order valence-electron chi connectivity index (χ4n) is 5.53. The van der Waals surface area contributed by atoms with Crippen LogP contribution in [0.25, 0.3) is 28.1 Å². The number of methoxy groups -OCH3 is 1. The first-order valence-corrected chi connectivity index (χ1v) is 13.8. The molecule has 2 aromatic carbocycles. The quantitative estimate of drug-likeness (QED) is 0.271. The lowest BCUT2D eigenvalue weighted by molar-refractivity contribution is 0.186. The van der Waals surface area contributed by atoms with E-state index < -0.39 is 6.09 Å². The fourth-order valence-corrected chi connectivity index (χ4v) is 5.65. The van der Waals surface area contributed by atoms with E-state index in [1.54, 1.807) is 41.6 Å².